The molecule has 1 atom stereocenters. The van der Waals surface area contributed by atoms with Crippen LogP contribution in [-0.4, -0.2) is 14.6 Å². The van der Waals surface area contributed by atoms with Gasteiger partial charge in [-0.3, -0.25) is 0 Å². The molecule has 104 valence electrons. The Morgan fingerprint density at radius 2 is 2.00 bits per heavy atom. The van der Waals surface area contributed by atoms with Crippen LogP contribution in [-0.2, 0) is 0 Å². The first kappa shape index (κ1) is 13.1. The van der Waals surface area contributed by atoms with E-state index in [9.17, 15) is 4.39 Å². The Hall–Kier alpha value is -2.94. The van der Waals surface area contributed by atoms with Crippen molar-refractivity contribution in [2.75, 3.05) is 5.32 Å². The average molecular weight is 281 g/mol. The van der Waals surface area contributed by atoms with Crippen LogP contribution in [0.1, 0.15) is 24.1 Å². The zero-order valence-corrected chi connectivity index (χ0v) is 11.3. The molecule has 6 heteroatoms. The van der Waals surface area contributed by atoms with Gasteiger partial charge in [-0.1, -0.05) is 12.1 Å². The van der Waals surface area contributed by atoms with Crippen molar-refractivity contribution in [1.29, 1.82) is 5.26 Å². The molecule has 0 spiro atoms. The van der Waals surface area contributed by atoms with Gasteiger partial charge in [0, 0.05) is 0 Å². The quantitative estimate of drug-likeness (QED) is 0.801. The molecule has 2 aromatic heterocycles. The molecule has 1 aromatic carbocycles. The van der Waals surface area contributed by atoms with Gasteiger partial charge in [-0.05, 0) is 36.8 Å². The van der Waals surface area contributed by atoms with Crippen molar-refractivity contribution in [3.05, 3.63) is 59.5 Å². The van der Waals surface area contributed by atoms with Crippen LogP contribution >= 0.6 is 0 Å². The first-order valence-electron chi connectivity index (χ1n) is 6.44. The van der Waals surface area contributed by atoms with Crippen LogP contribution in [0.2, 0.25) is 0 Å². The molecule has 1 unspecified atom stereocenters. The van der Waals surface area contributed by atoms with Crippen molar-refractivity contribution in [2.24, 2.45) is 0 Å². The number of benzene rings is 1. The number of halogens is 1. The van der Waals surface area contributed by atoms with Gasteiger partial charge in [0.25, 0.3) is 0 Å². The number of hydrogen-bond donors (Lipinski definition) is 1. The zero-order valence-electron chi connectivity index (χ0n) is 11.3. The van der Waals surface area contributed by atoms with Crippen LogP contribution in [0.5, 0.6) is 0 Å². The average Bonchev–Trinajstić information content (AvgIpc) is 2.88. The number of pyridine rings is 1. The summed E-state index contributed by atoms with van der Waals surface area (Å²) in [5, 5.41) is 16.1. The van der Waals surface area contributed by atoms with E-state index in [1.165, 1.54) is 16.8 Å². The van der Waals surface area contributed by atoms with Gasteiger partial charge in [0.1, 0.15) is 5.82 Å². The molecule has 3 aromatic rings. The second kappa shape index (κ2) is 5.21. The van der Waals surface area contributed by atoms with Gasteiger partial charge in [0.15, 0.2) is 5.65 Å². The van der Waals surface area contributed by atoms with Gasteiger partial charge in [-0.25, -0.2) is 8.91 Å². The maximum atomic E-state index is 13.1. The van der Waals surface area contributed by atoms with Crippen LogP contribution in [0, 0.1) is 17.1 Å². The monoisotopic (exact) mass is 281 g/mol. The number of nitrogens with one attached hydrogen (secondary N) is 1. The molecule has 2 heterocycles. The van der Waals surface area contributed by atoms with Gasteiger partial charge in [-0.2, -0.15) is 10.2 Å². The second-order valence-electron chi connectivity index (χ2n) is 4.69. The van der Waals surface area contributed by atoms with Gasteiger partial charge < -0.3 is 5.32 Å². The third kappa shape index (κ3) is 2.67. The third-order valence-electron chi connectivity index (χ3n) is 3.18. The Balaban J connectivity index is 1.81. The number of aromatic nitrogens is 3. The minimum absolute atomic E-state index is 0.0278. The van der Waals surface area contributed by atoms with E-state index in [4.69, 9.17) is 5.26 Å². The standard InChI is InChI=1S/C15H12FN5/c1-10(12-4-2-11(8-17)3-5-12)18-15-19-14-7-6-13(16)9-21(14)20-15/h2-7,9-10H,1H3,(H,18,20). The first-order valence-corrected chi connectivity index (χ1v) is 6.44. The number of hydrogen-bond acceptors (Lipinski definition) is 4. The fourth-order valence-corrected chi connectivity index (χ4v) is 2.04. The van der Waals surface area contributed by atoms with E-state index >= 15 is 0 Å². The number of rotatable bonds is 3. The van der Waals surface area contributed by atoms with Gasteiger partial charge in [-0.15, -0.1) is 5.10 Å². The van der Waals surface area contributed by atoms with Crippen molar-refractivity contribution >= 4 is 11.6 Å². The highest BCUT2D eigenvalue weighted by molar-refractivity contribution is 5.44. The molecule has 0 aliphatic heterocycles. The normalized spacial score (nSPS) is 12.0. The molecule has 0 saturated carbocycles. The van der Waals surface area contributed by atoms with Crippen molar-refractivity contribution in [2.45, 2.75) is 13.0 Å². The fraction of sp³-hybridized carbons (Fsp3) is 0.133. The largest absolute Gasteiger partial charge is 0.346 e. The number of nitriles is 1. The Morgan fingerprint density at radius 3 is 2.71 bits per heavy atom. The van der Waals surface area contributed by atoms with E-state index in [1.807, 2.05) is 19.1 Å². The maximum Gasteiger partial charge on any atom is 0.243 e. The molecule has 0 radical (unpaired) electrons. The third-order valence-corrected chi connectivity index (χ3v) is 3.18. The molecule has 0 bridgehead atoms. The lowest BCUT2D eigenvalue weighted by Crippen LogP contribution is -2.07. The second-order valence-corrected chi connectivity index (χ2v) is 4.69. The summed E-state index contributed by atoms with van der Waals surface area (Å²) in [6.07, 6.45) is 1.28. The highest BCUT2D eigenvalue weighted by atomic mass is 19.1. The summed E-state index contributed by atoms with van der Waals surface area (Å²) in [6.45, 7) is 1.97. The van der Waals surface area contributed by atoms with Gasteiger partial charge >= 0.3 is 0 Å². The van der Waals surface area contributed by atoms with Crippen LogP contribution in [0.25, 0.3) is 5.65 Å². The molecule has 0 amide bonds. The Bertz CT molecular complexity index is 816. The number of nitrogens with zero attached hydrogens (tertiary/aromatic N) is 4. The molecular weight excluding hydrogens is 269 g/mol. The summed E-state index contributed by atoms with van der Waals surface area (Å²) < 4.78 is 14.5. The molecule has 5 nitrogen and oxygen atoms in total. The van der Waals surface area contributed by atoms with Crippen molar-refractivity contribution in [3.63, 3.8) is 0 Å². The smallest absolute Gasteiger partial charge is 0.243 e. The molecule has 0 aliphatic carbocycles. The summed E-state index contributed by atoms with van der Waals surface area (Å²) in [4.78, 5) is 4.27. The Kier molecular flexibility index (Phi) is 3.24. The summed E-state index contributed by atoms with van der Waals surface area (Å²) in [7, 11) is 0. The topological polar surface area (TPSA) is 66.0 Å². The summed E-state index contributed by atoms with van der Waals surface area (Å²) >= 11 is 0. The van der Waals surface area contributed by atoms with Crippen LogP contribution in [0.15, 0.2) is 42.6 Å². The van der Waals surface area contributed by atoms with E-state index < -0.39 is 0 Å². The first-order chi connectivity index (χ1) is 10.2. The van der Waals surface area contributed by atoms with Crippen molar-refractivity contribution in [3.8, 4) is 6.07 Å². The van der Waals surface area contributed by atoms with E-state index in [0.717, 1.165) is 5.56 Å². The fourth-order valence-electron chi connectivity index (χ4n) is 2.04. The lowest BCUT2D eigenvalue weighted by atomic mass is 10.1. The highest BCUT2D eigenvalue weighted by Crippen LogP contribution is 2.18. The molecule has 0 saturated heterocycles. The van der Waals surface area contributed by atoms with Gasteiger partial charge in [0.05, 0.1) is 23.9 Å². The van der Waals surface area contributed by atoms with Crippen molar-refractivity contribution in [1.82, 2.24) is 14.6 Å². The Morgan fingerprint density at radius 1 is 1.24 bits per heavy atom. The predicted octanol–water partition coefficient (Wildman–Crippen LogP) is 2.91. The van der Waals surface area contributed by atoms with E-state index in [-0.39, 0.29) is 11.9 Å². The van der Waals surface area contributed by atoms with E-state index in [1.54, 1.807) is 18.2 Å². The van der Waals surface area contributed by atoms with Crippen LogP contribution < -0.4 is 5.32 Å². The summed E-state index contributed by atoms with van der Waals surface area (Å²) in [5.41, 5.74) is 2.21. The van der Waals surface area contributed by atoms with Crippen LogP contribution in [0.3, 0.4) is 0 Å². The minimum atomic E-state index is -0.362. The Labute approximate surface area is 120 Å². The SMILES string of the molecule is CC(Nc1nc2ccc(F)cn2n1)c1ccc(C#N)cc1. The maximum absolute atomic E-state index is 13.1. The molecule has 1 N–H and O–H groups in total. The molecule has 3 rings (SSSR count). The lowest BCUT2D eigenvalue weighted by Gasteiger charge is -2.12. The van der Waals surface area contributed by atoms with Crippen LogP contribution in [0.4, 0.5) is 10.3 Å². The highest BCUT2D eigenvalue weighted by Gasteiger charge is 2.09. The molecule has 21 heavy (non-hydrogen) atoms. The number of fused-ring (bicyclic) bond motifs is 1. The van der Waals surface area contributed by atoms with Gasteiger partial charge in [0.2, 0.25) is 5.95 Å². The zero-order chi connectivity index (χ0) is 14.8. The van der Waals surface area contributed by atoms with Crippen molar-refractivity contribution < 1.29 is 4.39 Å². The number of anilines is 1. The lowest BCUT2D eigenvalue weighted by molar-refractivity contribution is 0.614. The van der Waals surface area contributed by atoms with E-state index in [0.29, 0.717) is 17.2 Å². The molecule has 0 aliphatic rings. The summed E-state index contributed by atoms with van der Waals surface area (Å²) in [5.74, 6) is 0.0663. The molecular formula is C15H12FN5. The minimum Gasteiger partial charge on any atom is -0.346 e. The summed E-state index contributed by atoms with van der Waals surface area (Å²) in [6, 6.07) is 12.3. The predicted molar refractivity (Wildman–Crippen MR) is 76.1 cm³/mol. The van der Waals surface area contributed by atoms with E-state index in [2.05, 4.69) is 21.5 Å². The molecule has 0 fully saturated rings.